The standard InChI is InChI=1S/C20H20N2O3S.H2/c1-3-4-12-24-19-14(2)8-7-10-16(19)25-13-18(23)22-20-21-15-9-5-6-11-17(15)26-20;/h3,5-11H,1,4,12-13H2,2H3,(H,21,22,23);1H. The zero-order valence-electron chi connectivity index (χ0n) is 14.5. The molecule has 3 aromatic rings. The summed E-state index contributed by atoms with van der Waals surface area (Å²) in [5.41, 5.74) is 1.82. The molecule has 0 bridgehead atoms. The summed E-state index contributed by atoms with van der Waals surface area (Å²) < 4.78 is 12.5. The van der Waals surface area contributed by atoms with Gasteiger partial charge in [-0.25, -0.2) is 4.98 Å². The Morgan fingerprint density at radius 1 is 1.27 bits per heavy atom. The van der Waals surface area contributed by atoms with Crippen LogP contribution in [0.3, 0.4) is 0 Å². The fraction of sp³-hybridized carbons (Fsp3) is 0.200. The van der Waals surface area contributed by atoms with Crippen LogP contribution in [0, 0.1) is 6.92 Å². The Kier molecular flexibility index (Phi) is 5.86. The summed E-state index contributed by atoms with van der Waals surface area (Å²) in [4.78, 5) is 16.6. The molecular weight excluding hydrogens is 348 g/mol. The van der Waals surface area contributed by atoms with E-state index < -0.39 is 0 Å². The van der Waals surface area contributed by atoms with E-state index in [2.05, 4.69) is 16.9 Å². The second-order valence-electron chi connectivity index (χ2n) is 5.65. The van der Waals surface area contributed by atoms with Crippen molar-refractivity contribution in [3.63, 3.8) is 0 Å². The molecule has 26 heavy (non-hydrogen) atoms. The number of aryl methyl sites for hydroxylation is 1. The smallest absolute Gasteiger partial charge is 0.264 e. The molecule has 0 aliphatic heterocycles. The number of rotatable bonds is 8. The number of amides is 1. The lowest BCUT2D eigenvalue weighted by atomic mass is 10.2. The molecule has 0 radical (unpaired) electrons. The number of hydrogen-bond acceptors (Lipinski definition) is 5. The van der Waals surface area contributed by atoms with Crippen molar-refractivity contribution in [2.24, 2.45) is 0 Å². The first-order chi connectivity index (χ1) is 12.7. The minimum absolute atomic E-state index is 0. The third-order valence-electron chi connectivity index (χ3n) is 3.64. The van der Waals surface area contributed by atoms with E-state index in [1.165, 1.54) is 11.3 Å². The van der Waals surface area contributed by atoms with E-state index in [0.717, 1.165) is 22.2 Å². The predicted octanol–water partition coefficient (Wildman–Crippen LogP) is 4.82. The van der Waals surface area contributed by atoms with Gasteiger partial charge >= 0.3 is 0 Å². The van der Waals surface area contributed by atoms with E-state index in [9.17, 15) is 4.79 Å². The van der Waals surface area contributed by atoms with Crippen molar-refractivity contribution in [3.05, 3.63) is 60.7 Å². The summed E-state index contributed by atoms with van der Waals surface area (Å²) >= 11 is 1.43. The number of aromatic nitrogens is 1. The molecule has 1 N–H and O–H groups in total. The molecule has 6 heteroatoms. The van der Waals surface area contributed by atoms with E-state index >= 15 is 0 Å². The number of hydrogen-bond donors (Lipinski definition) is 1. The number of anilines is 1. The van der Waals surface area contributed by atoms with Gasteiger partial charge in [0.25, 0.3) is 5.91 Å². The average molecular weight is 370 g/mol. The predicted molar refractivity (Wildman–Crippen MR) is 107 cm³/mol. The molecule has 2 aromatic carbocycles. The van der Waals surface area contributed by atoms with Crippen LogP contribution in [-0.2, 0) is 4.79 Å². The molecule has 136 valence electrons. The normalized spacial score (nSPS) is 10.5. The maximum atomic E-state index is 12.2. The van der Waals surface area contributed by atoms with E-state index in [1.54, 1.807) is 12.1 Å². The SMILES string of the molecule is C=CCCOc1c(C)cccc1OCC(=O)Nc1nc2ccccc2s1.[HH]. The van der Waals surface area contributed by atoms with Crippen molar-refractivity contribution in [1.29, 1.82) is 0 Å². The fourth-order valence-corrected chi connectivity index (χ4v) is 3.27. The van der Waals surface area contributed by atoms with Crippen LogP contribution in [0.2, 0.25) is 0 Å². The number of benzene rings is 2. The van der Waals surface area contributed by atoms with Crippen LogP contribution in [-0.4, -0.2) is 24.1 Å². The molecular formula is C20H22N2O3S. The van der Waals surface area contributed by atoms with Crippen molar-refractivity contribution < 1.29 is 15.7 Å². The Labute approximate surface area is 157 Å². The summed E-state index contributed by atoms with van der Waals surface area (Å²) in [6, 6.07) is 13.4. The van der Waals surface area contributed by atoms with Gasteiger partial charge in [0, 0.05) is 1.43 Å². The van der Waals surface area contributed by atoms with Crippen molar-refractivity contribution in [2.75, 3.05) is 18.5 Å². The number of para-hydroxylation sites is 2. The molecule has 1 heterocycles. The van der Waals surface area contributed by atoms with Gasteiger partial charge in [0.15, 0.2) is 23.2 Å². The summed E-state index contributed by atoms with van der Waals surface area (Å²) in [7, 11) is 0. The molecule has 0 unspecified atom stereocenters. The monoisotopic (exact) mass is 370 g/mol. The van der Waals surface area contributed by atoms with Gasteiger partial charge in [-0.15, -0.1) is 6.58 Å². The molecule has 5 nitrogen and oxygen atoms in total. The largest absolute Gasteiger partial charge is 0.489 e. The maximum Gasteiger partial charge on any atom is 0.264 e. The lowest BCUT2D eigenvalue weighted by Gasteiger charge is -2.14. The Morgan fingerprint density at radius 3 is 2.92 bits per heavy atom. The summed E-state index contributed by atoms with van der Waals surface area (Å²) in [5.74, 6) is 0.943. The van der Waals surface area contributed by atoms with Crippen molar-refractivity contribution in [1.82, 2.24) is 4.98 Å². The van der Waals surface area contributed by atoms with Crippen molar-refractivity contribution in [2.45, 2.75) is 13.3 Å². The van der Waals surface area contributed by atoms with E-state index in [1.807, 2.05) is 43.3 Å². The molecule has 0 spiro atoms. The average Bonchev–Trinajstić information content (AvgIpc) is 3.04. The minimum Gasteiger partial charge on any atom is -0.489 e. The first-order valence-corrected chi connectivity index (χ1v) is 9.10. The highest BCUT2D eigenvalue weighted by molar-refractivity contribution is 7.22. The molecule has 0 aliphatic carbocycles. The van der Waals surface area contributed by atoms with Gasteiger partial charge in [0.1, 0.15) is 0 Å². The van der Waals surface area contributed by atoms with Gasteiger partial charge in [-0.3, -0.25) is 10.1 Å². The number of nitrogens with one attached hydrogen (secondary N) is 1. The molecule has 1 amide bonds. The highest BCUT2D eigenvalue weighted by Gasteiger charge is 2.12. The van der Waals surface area contributed by atoms with E-state index in [4.69, 9.17) is 9.47 Å². The second kappa shape index (κ2) is 8.49. The summed E-state index contributed by atoms with van der Waals surface area (Å²) in [6.45, 7) is 6.03. The zero-order valence-corrected chi connectivity index (χ0v) is 15.3. The van der Waals surface area contributed by atoms with Crippen LogP contribution in [0.1, 0.15) is 13.4 Å². The lowest BCUT2D eigenvalue weighted by Crippen LogP contribution is -2.20. The Hall–Kier alpha value is -2.86. The first kappa shape index (κ1) is 17.9. The van der Waals surface area contributed by atoms with Gasteiger partial charge in [-0.05, 0) is 37.1 Å². The number of nitrogens with zero attached hydrogens (tertiary/aromatic N) is 1. The molecule has 0 saturated heterocycles. The van der Waals surface area contributed by atoms with Gasteiger partial charge in [0.05, 0.1) is 16.8 Å². The van der Waals surface area contributed by atoms with Crippen LogP contribution in [0.25, 0.3) is 10.2 Å². The Morgan fingerprint density at radius 2 is 2.12 bits per heavy atom. The molecule has 0 saturated carbocycles. The van der Waals surface area contributed by atoms with E-state index in [-0.39, 0.29) is 13.9 Å². The third-order valence-corrected chi connectivity index (χ3v) is 4.59. The lowest BCUT2D eigenvalue weighted by molar-refractivity contribution is -0.118. The quantitative estimate of drug-likeness (QED) is 0.456. The Bertz CT molecular complexity index is 893. The van der Waals surface area contributed by atoms with Gasteiger partial charge in [-0.2, -0.15) is 0 Å². The second-order valence-corrected chi connectivity index (χ2v) is 6.68. The van der Waals surface area contributed by atoms with Gasteiger partial charge in [0.2, 0.25) is 0 Å². The van der Waals surface area contributed by atoms with Crippen molar-refractivity contribution in [3.8, 4) is 11.5 Å². The van der Waals surface area contributed by atoms with Gasteiger partial charge in [-0.1, -0.05) is 41.7 Å². The van der Waals surface area contributed by atoms with E-state index in [0.29, 0.717) is 23.2 Å². The molecule has 1 aromatic heterocycles. The highest BCUT2D eigenvalue weighted by atomic mass is 32.1. The molecule has 3 rings (SSSR count). The highest BCUT2D eigenvalue weighted by Crippen LogP contribution is 2.31. The maximum absolute atomic E-state index is 12.2. The topological polar surface area (TPSA) is 60.5 Å². The minimum atomic E-state index is -0.261. The molecule has 0 fully saturated rings. The molecule has 0 aliphatic rings. The Balaban J connectivity index is 0.00000261. The number of carbonyl (C=O) groups is 1. The summed E-state index contributed by atoms with van der Waals surface area (Å²) in [5, 5.41) is 3.34. The first-order valence-electron chi connectivity index (χ1n) is 8.29. The van der Waals surface area contributed by atoms with Crippen LogP contribution >= 0.6 is 11.3 Å². The van der Waals surface area contributed by atoms with Crippen molar-refractivity contribution >= 4 is 32.6 Å². The zero-order chi connectivity index (χ0) is 18.4. The fourth-order valence-electron chi connectivity index (χ4n) is 2.39. The van der Waals surface area contributed by atoms with Crippen LogP contribution in [0.15, 0.2) is 55.1 Å². The molecule has 0 atom stereocenters. The van der Waals surface area contributed by atoms with Crippen LogP contribution in [0.4, 0.5) is 5.13 Å². The third kappa shape index (κ3) is 4.40. The summed E-state index contributed by atoms with van der Waals surface area (Å²) in [6.07, 6.45) is 2.54. The number of thiazole rings is 1. The number of fused-ring (bicyclic) bond motifs is 1. The number of carbonyl (C=O) groups excluding carboxylic acids is 1. The van der Waals surface area contributed by atoms with Crippen LogP contribution < -0.4 is 14.8 Å². The van der Waals surface area contributed by atoms with Crippen LogP contribution in [0.5, 0.6) is 11.5 Å². The number of ether oxygens (including phenoxy) is 2. The van der Waals surface area contributed by atoms with Gasteiger partial charge < -0.3 is 9.47 Å².